The number of rotatable bonds is 2. The second-order valence-corrected chi connectivity index (χ2v) is 5.62. The normalized spacial score (nSPS) is 15.8. The molecule has 104 valence electrons. The van der Waals surface area contributed by atoms with Crippen molar-refractivity contribution in [1.29, 1.82) is 0 Å². The van der Waals surface area contributed by atoms with Crippen LogP contribution in [0.4, 0.5) is 10.9 Å². The molecule has 7 nitrogen and oxygen atoms in total. The predicted molar refractivity (Wildman–Crippen MR) is 74.4 cm³/mol. The van der Waals surface area contributed by atoms with Crippen LogP contribution in [0.2, 0.25) is 0 Å². The van der Waals surface area contributed by atoms with Crippen molar-refractivity contribution in [3.05, 3.63) is 4.88 Å². The zero-order chi connectivity index (χ0) is 14.2. The molecular formula is C11H17N5O2S. The van der Waals surface area contributed by atoms with Gasteiger partial charge in [0.1, 0.15) is 17.2 Å². The number of nitrogen functional groups attached to an aromatic ring is 1. The third-order valence-corrected chi connectivity index (χ3v) is 4.19. The largest absolute Gasteiger partial charge is 0.382 e. The molecule has 1 saturated heterocycles. The fourth-order valence-electron chi connectivity index (χ4n) is 1.74. The molecule has 1 aliphatic rings. The molecular weight excluding hydrogens is 266 g/mol. The van der Waals surface area contributed by atoms with E-state index in [1.807, 2.05) is 14.1 Å². The summed E-state index contributed by atoms with van der Waals surface area (Å²) < 4.78 is 0. The fraction of sp³-hybridized carbons (Fsp3) is 0.545. The Kier molecular flexibility index (Phi) is 3.61. The molecule has 1 aromatic heterocycles. The Hall–Kier alpha value is -1.83. The molecule has 0 spiro atoms. The highest BCUT2D eigenvalue weighted by molar-refractivity contribution is 7.18. The minimum atomic E-state index is -0.218. The molecule has 0 radical (unpaired) electrons. The monoisotopic (exact) mass is 283 g/mol. The number of amides is 2. The van der Waals surface area contributed by atoms with Gasteiger partial charge in [0.2, 0.25) is 5.91 Å². The number of nitrogens with two attached hydrogens (primary N) is 1. The summed E-state index contributed by atoms with van der Waals surface area (Å²) in [6.07, 6.45) is 0. The summed E-state index contributed by atoms with van der Waals surface area (Å²) in [4.78, 5) is 33.4. The zero-order valence-electron chi connectivity index (χ0n) is 11.2. The maximum Gasteiger partial charge on any atom is 0.268 e. The van der Waals surface area contributed by atoms with Gasteiger partial charge in [-0.25, -0.2) is 4.98 Å². The van der Waals surface area contributed by atoms with E-state index in [4.69, 9.17) is 5.73 Å². The van der Waals surface area contributed by atoms with E-state index in [-0.39, 0.29) is 24.2 Å². The number of aromatic nitrogens is 1. The lowest BCUT2D eigenvalue weighted by atomic mass is 10.3. The van der Waals surface area contributed by atoms with Crippen LogP contribution in [0.1, 0.15) is 9.67 Å². The molecule has 2 heterocycles. The maximum absolute atomic E-state index is 12.3. The molecule has 0 unspecified atom stereocenters. The van der Waals surface area contributed by atoms with Crippen molar-refractivity contribution in [2.24, 2.45) is 0 Å². The molecule has 0 aliphatic carbocycles. The van der Waals surface area contributed by atoms with E-state index >= 15 is 0 Å². The Balaban J connectivity index is 2.18. The Morgan fingerprint density at radius 1 is 1.42 bits per heavy atom. The lowest BCUT2D eigenvalue weighted by Crippen LogP contribution is -2.50. The highest BCUT2D eigenvalue weighted by Crippen LogP contribution is 2.28. The number of likely N-dealkylation sites (N-methyl/N-ethyl adjacent to an activating group) is 1. The van der Waals surface area contributed by atoms with Crippen molar-refractivity contribution in [3.63, 3.8) is 0 Å². The lowest BCUT2D eigenvalue weighted by Gasteiger charge is -2.31. The first-order chi connectivity index (χ1) is 8.90. The Morgan fingerprint density at radius 3 is 2.63 bits per heavy atom. The van der Waals surface area contributed by atoms with Crippen LogP contribution >= 0.6 is 11.3 Å². The Labute approximate surface area is 115 Å². The quantitative estimate of drug-likeness (QED) is 0.806. The van der Waals surface area contributed by atoms with Gasteiger partial charge < -0.3 is 20.4 Å². The van der Waals surface area contributed by atoms with E-state index in [0.29, 0.717) is 23.1 Å². The van der Waals surface area contributed by atoms with Crippen molar-refractivity contribution in [2.45, 2.75) is 0 Å². The van der Waals surface area contributed by atoms with Gasteiger partial charge in [-0.3, -0.25) is 9.59 Å². The average molecular weight is 283 g/mol. The summed E-state index contributed by atoms with van der Waals surface area (Å²) in [5.74, 6) is -0.0508. The van der Waals surface area contributed by atoms with Crippen LogP contribution in [0.5, 0.6) is 0 Å². The van der Waals surface area contributed by atoms with Gasteiger partial charge >= 0.3 is 0 Å². The molecule has 0 aromatic carbocycles. The molecule has 1 aromatic rings. The number of nitrogens with zero attached hydrogens (tertiary/aromatic N) is 4. The number of carbonyl (C=O) groups excluding carboxylic acids is 2. The smallest absolute Gasteiger partial charge is 0.268 e. The van der Waals surface area contributed by atoms with E-state index in [1.165, 1.54) is 16.2 Å². The standard InChI is InChI=1S/C11H17N5O2S/c1-14(2)11-13-9(12)8(19-11)10(18)16-5-4-15(3)7(17)6-16/h4-6,12H2,1-3H3. The Bertz CT molecular complexity index is 513. The molecule has 0 bridgehead atoms. The Morgan fingerprint density at radius 2 is 2.11 bits per heavy atom. The first kappa shape index (κ1) is 13.6. The minimum absolute atomic E-state index is 0.0597. The van der Waals surface area contributed by atoms with Crippen LogP contribution < -0.4 is 10.6 Å². The van der Waals surface area contributed by atoms with Gasteiger partial charge in [-0.05, 0) is 0 Å². The summed E-state index contributed by atoms with van der Waals surface area (Å²) in [5.41, 5.74) is 5.78. The molecule has 1 aliphatic heterocycles. The number of hydrogen-bond acceptors (Lipinski definition) is 6. The molecule has 1 fully saturated rings. The predicted octanol–water partition coefficient (Wildman–Crippen LogP) is -0.294. The second-order valence-electron chi connectivity index (χ2n) is 4.65. The van der Waals surface area contributed by atoms with Gasteiger partial charge in [0.15, 0.2) is 5.13 Å². The molecule has 2 N–H and O–H groups in total. The molecule has 2 amide bonds. The van der Waals surface area contributed by atoms with Crippen molar-refractivity contribution in [3.8, 4) is 0 Å². The maximum atomic E-state index is 12.3. The number of piperazine rings is 1. The van der Waals surface area contributed by atoms with E-state index in [9.17, 15) is 9.59 Å². The third-order valence-electron chi connectivity index (χ3n) is 2.96. The summed E-state index contributed by atoms with van der Waals surface area (Å²) in [6, 6.07) is 0. The van der Waals surface area contributed by atoms with Gasteiger partial charge in [0.05, 0.1) is 0 Å². The minimum Gasteiger partial charge on any atom is -0.382 e. The molecule has 8 heteroatoms. The summed E-state index contributed by atoms with van der Waals surface area (Å²) in [5, 5.41) is 0.682. The summed E-state index contributed by atoms with van der Waals surface area (Å²) in [6.45, 7) is 1.17. The first-order valence-corrected chi connectivity index (χ1v) is 6.68. The van der Waals surface area contributed by atoms with Crippen molar-refractivity contribution in [2.75, 3.05) is 51.4 Å². The van der Waals surface area contributed by atoms with Crippen molar-refractivity contribution < 1.29 is 9.59 Å². The van der Waals surface area contributed by atoms with Crippen LogP contribution in [0.25, 0.3) is 0 Å². The number of carbonyl (C=O) groups is 2. The summed E-state index contributed by atoms with van der Waals surface area (Å²) >= 11 is 1.25. The molecule has 2 rings (SSSR count). The van der Waals surface area contributed by atoms with Crippen molar-refractivity contribution in [1.82, 2.24) is 14.8 Å². The summed E-state index contributed by atoms with van der Waals surface area (Å²) in [7, 11) is 5.41. The highest BCUT2D eigenvalue weighted by atomic mass is 32.1. The van der Waals surface area contributed by atoms with E-state index < -0.39 is 0 Å². The topological polar surface area (TPSA) is 82.8 Å². The van der Waals surface area contributed by atoms with Gasteiger partial charge in [-0.1, -0.05) is 11.3 Å². The number of thiazole rings is 1. The SMILES string of the molecule is CN1CCN(C(=O)c2sc(N(C)C)nc2N)CC1=O. The first-order valence-electron chi connectivity index (χ1n) is 5.87. The number of hydrogen-bond donors (Lipinski definition) is 1. The van der Waals surface area contributed by atoms with Gasteiger partial charge in [0, 0.05) is 34.2 Å². The molecule has 0 atom stereocenters. The lowest BCUT2D eigenvalue weighted by molar-refractivity contribution is -0.133. The third kappa shape index (κ3) is 2.62. The molecule has 0 saturated carbocycles. The fourth-order valence-corrected chi connectivity index (χ4v) is 2.62. The van der Waals surface area contributed by atoms with Crippen LogP contribution in [0.3, 0.4) is 0 Å². The highest BCUT2D eigenvalue weighted by Gasteiger charge is 2.28. The van der Waals surface area contributed by atoms with E-state index in [2.05, 4.69) is 4.98 Å². The van der Waals surface area contributed by atoms with Gasteiger partial charge in [-0.2, -0.15) is 0 Å². The van der Waals surface area contributed by atoms with Crippen LogP contribution in [0, 0.1) is 0 Å². The average Bonchev–Trinajstić information content (AvgIpc) is 2.74. The molecule has 19 heavy (non-hydrogen) atoms. The van der Waals surface area contributed by atoms with Gasteiger partial charge in [0.25, 0.3) is 5.91 Å². The van der Waals surface area contributed by atoms with Crippen LogP contribution in [0.15, 0.2) is 0 Å². The van der Waals surface area contributed by atoms with E-state index in [0.717, 1.165) is 0 Å². The van der Waals surface area contributed by atoms with Crippen molar-refractivity contribution >= 4 is 34.1 Å². The van der Waals surface area contributed by atoms with Gasteiger partial charge in [-0.15, -0.1) is 0 Å². The zero-order valence-corrected chi connectivity index (χ0v) is 12.0. The number of anilines is 2. The van der Waals surface area contributed by atoms with Crippen LogP contribution in [-0.4, -0.2) is 67.4 Å². The second kappa shape index (κ2) is 5.04. The van der Waals surface area contributed by atoms with E-state index in [1.54, 1.807) is 16.8 Å². The van der Waals surface area contributed by atoms with Crippen LogP contribution in [-0.2, 0) is 4.79 Å².